The Balaban J connectivity index is 0.000000367. The number of morpholine rings is 1. The fourth-order valence-corrected chi connectivity index (χ4v) is 4.96. The van der Waals surface area contributed by atoms with Gasteiger partial charge in [-0.2, -0.15) is 0 Å². The number of aryl methyl sites for hydroxylation is 1. The summed E-state index contributed by atoms with van der Waals surface area (Å²) in [7, 11) is 1.72. The molecule has 2 aliphatic rings. The maximum Gasteiger partial charge on any atom is 0.219 e. The highest BCUT2D eigenvalue weighted by Crippen LogP contribution is 2.30. The molecular weight excluding hydrogens is 525 g/mol. The molecule has 1 saturated heterocycles. The molecule has 2 bridgehead atoms. The second-order valence-corrected chi connectivity index (χ2v) is 10.4. The van der Waals surface area contributed by atoms with E-state index >= 15 is 4.39 Å². The maximum atomic E-state index is 15.7. The highest BCUT2D eigenvalue weighted by atomic mass is 19.1. The first kappa shape index (κ1) is 29.8. The van der Waals surface area contributed by atoms with Gasteiger partial charge >= 0.3 is 0 Å². The van der Waals surface area contributed by atoms with Crippen molar-refractivity contribution in [2.75, 3.05) is 46.5 Å². The van der Waals surface area contributed by atoms with Crippen molar-refractivity contribution in [2.45, 2.75) is 26.8 Å². The number of hydrogen-bond donors (Lipinski definition) is 2. The Morgan fingerprint density at radius 1 is 1.20 bits per heavy atom. The molecule has 1 atom stereocenters. The van der Waals surface area contributed by atoms with Crippen molar-refractivity contribution >= 4 is 29.0 Å². The van der Waals surface area contributed by atoms with Crippen LogP contribution in [0, 0.1) is 6.92 Å². The summed E-state index contributed by atoms with van der Waals surface area (Å²) < 4.78 is 28.6. The smallest absolute Gasteiger partial charge is 0.219 e. The number of likely N-dealkylation sites (N-methyl/N-ethyl adjacent to an activating group) is 1. The number of ether oxygens (including phenoxy) is 2. The minimum atomic E-state index is -0.712. The van der Waals surface area contributed by atoms with Gasteiger partial charge in [-0.25, -0.2) is 4.39 Å². The average Bonchev–Trinajstić information content (AvgIpc) is 2.94. The molecule has 3 aromatic rings. The zero-order chi connectivity index (χ0) is 29.8. The molecule has 2 aromatic carbocycles. The topological polar surface area (TPSA) is 116 Å². The van der Waals surface area contributed by atoms with E-state index in [1.165, 1.54) is 0 Å². The van der Waals surface area contributed by atoms with Gasteiger partial charge in [0.25, 0.3) is 0 Å². The van der Waals surface area contributed by atoms with Gasteiger partial charge in [-0.15, -0.1) is 0 Å². The highest BCUT2D eigenvalue weighted by molar-refractivity contribution is 5.87. The molecule has 4 N–H and O–H groups in total. The monoisotopic (exact) mass is 563 g/mol. The lowest BCUT2D eigenvalue weighted by Crippen LogP contribution is -2.48. The average molecular weight is 564 g/mol. The Morgan fingerprint density at radius 3 is 2.41 bits per heavy atom. The predicted octanol–water partition coefficient (Wildman–Crippen LogP) is 1.49. The van der Waals surface area contributed by atoms with Crippen molar-refractivity contribution in [1.82, 2.24) is 14.4 Å². The van der Waals surface area contributed by atoms with E-state index in [0.29, 0.717) is 42.1 Å². The van der Waals surface area contributed by atoms with Gasteiger partial charge in [0, 0.05) is 51.4 Å². The molecular formula is C31H38FN5O4. The standard InChI is InChI=1S/C25H27FN4O2.C6H11NO2/c1-14-11-30-16(3)22(25(14)31)24(28)23(26)20(29(4)12-15(2)27)13-32-21-10-18-8-6-5-7-17(18)9-19(21)30;1-6(8)7-2-4-9-5-3-7/h5-11,15H,3,12-13,27-28H2,1-2,4H3;2-5H2,1H3/b23-20-,24-22-;. The number of fused-ring (bicyclic) bond motifs is 5. The van der Waals surface area contributed by atoms with E-state index in [1.807, 2.05) is 43.3 Å². The number of carbonyl (C=O) groups is 1. The molecule has 218 valence electrons. The summed E-state index contributed by atoms with van der Waals surface area (Å²) in [6.07, 6.45) is 1.69. The molecule has 1 unspecified atom stereocenters. The van der Waals surface area contributed by atoms with E-state index in [-0.39, 0.29) is 40.6 Å². The number of halogens is 1. The van der Waals surface area contributed by atoms with E-state index in [1.54, 1.807) is 41.5 Å². The third-order valence-corrected chi connectivity index (χ3v) is 7.18. The van der Waals surface area contributed by atoms with Crippen molar-refractivity contribution < 1.29 is 18.7 Å². The minimum Gasteiger partial charge on any atom is -0.485 e. The van der Waals surface area contributed by atoms with Gasteiger partial charge < -0.3 is 35.3 Å². The Labute approximate surface area is 238 Å². The van der Waals surface area contributed by atoms with Crippen molar-refractivity contribution in [3.63, 3.8) is 0 Å². The molecule has 0 saturated carbocycles. The first-order valence-electron chi connectivity index (χ1n) is 13.6. The summed E-state index contributed by atoms with van der Waals surface area (Å²) >= 11 is 0. The van der Waals surface area contributed by atoms with Crippen molar-refractivity contribution in [3.05, 3.63) is 80.5 Å². The Bertz CT molecular complexity index is 1660. The van der Waals surface area contributed by atoms with Crippen LogP contribution in [-0.4, -0.2) is 72.8 Å². The summed E-state index contributed by atoms with van der Waals surface area (Å²) in [5, 5.41) is 2.32. The molecule has 9 nitrogen and oxygen atoms in total. The minimum absolute atomic E-state index is 0.0511. The summed E-state index contributed by atoms with van der Waals surface area (Å²) in [6, 6.07) is 11.6. The van der Waals surface area contributed by atoms with Crippen LogP contribution < -0.4 is 32.2 Å². The number of carbonyl (C=O) groups excluding carboxylic acids is 1. The van der Waals surface area contributed by atoms with Gasteiger partial charge in [0.1, 0.15) is 12.4 Å². The molecule has 2 aliphatic heterocycles. The van der Waals surface area contributed by atoms with Crippen LogP contribution in [0.1, 0.15) is 19.4 Å². The van der Waals surface area contributed by atoms with E-state index in [2.05, 4.69) is 6.58 Å². The van der Waals surface area contributed by atoms with Crippen LogP contribution in [0.25, 0.3) is 28.7 Å². The molecule has 0 radical (unpaired) electrons. The maximum absolute atomic E-state index is 15.7. The molecule has 41 heavy (non-hydrogen) atoms. The molecule has 5 rings (SSSR count). The van der Waals surface area contributed by atoms with E-state index in [0.717, 1.165) is 23.9 Å². The van der Waals surface area contributed by atoms with Gasteiger partial charge in [0.05, 0.1) is 40.9 Å². The van der Waals surface area contributed by atoms with Crippen molar-refractivity contribution in [2.24, 2.45) is 11.5 Å². The van der Waals surface area contributed by atoms with E-state index in [9.17, 15) is 9.59 Å². The Hall–Kier alpha value is -4.15. The van der Waals surface area contributed by atoms with Crippen LogP contribution in [0.4, 0.5) is 4.39 Å². The fourth-order valence-electron chi connectivity index (χ4n) is 4.96. The number of amides is 1. The van der Waals surface area contributed by atoms with Crippen molar-refractivity contribution in [3.8, 4) is 11.4 Å². The molecule has 1 aromatic heterocycles. The normalized spacial score (nSPS) is 18.9. The SMILES string of the molecule is C=c1\c2c(=O)c(C)cn1-c1cc3ccccc3cc1OC/C(N(C)CC(C)N)=C(F)\C=2N.CC(=O)N1CCOCC1. The molecule has 0 spiro atoms. The predicted molar refractivity (Wildman–Crippen MR) is 160 cm³/mol. The molecule has 10 heteroatoms. The number of hydrogen-bond acceptors (Lipinski definition) is 7. The van der Waals surface area contributed by atoms with Crippen LogP contribution in [0.5, 0.6) is 5.75 Å². The van der Waals surface area contributed by atoms with Gasteiger partial charge in [-0.1, -0.05) is 30.8 Å². The van der Waals surface area contributed by atoms with E-state index < -0.39 is 5.83 Å². The first-order valence-corrected chi connectivity index (χ1v) is 13.6. The number of nitrogens with two attached hydrogens (primary N) is 2. The van der Waals surface area contributed by atoms with Gasteiger partial charge in [0.2, 0.25) is 5.91 Å². The van der Waals surface area contributed by atoms with Crippen LogP contribution >= 0.6 is 0 Å². The summed E-state index contributed by atoms with van der Waals surface area (Å²) in [4.78, 5) is 27.1. The lowest BCUT2D eigenvalue weighted by atomic mass is 10.1. The van der Waals surface area contributed by atoms with Crippen LogP contribution in [0.15, 0.2) is 58.9 Å². The first-order chi connectivity index (χ1) is 19.5. The van der Waals surface area contributed by atoms with Crippen LogP contribution in [0.3, 0.4) is 0 Å². The van der Waals surface area contributed by atoms with Crippen LogP contribution in [0.2, 0.25) is 0 Å². The summed E-state index contributed by atoms with van der Waals surface area (Å²) in [6.45, 7) is 12.4. The van der Waals surface area contributed by atoms with Gasteiger partial charge in [-0.3, -0.25) is 9.59 Å². The number of nitrogens with zero attached hydrogens (tertiary/aromatic N) is 3. The number of rotatable bonds is 3. The van der Waals surface area contributed by atoms with Gasteiger partial charge in [-0.05, 0) is 36.8 Å². The zero-order valence-electron chi connectivity index (χ0n) is 24.1. The lowest BCUT2D eigenvalue weighted by Gasteiger charge is -2.27. The molecule has 1 fully saturated rings. The van der Waals surface area contributed by atoms with E-state index in [4.69, 9.17) is 20.9 Å². The largest absolute Gasteiger partial charge is 0.485 e. The summed E-state index contributed by atoms with van der Waals surface area (Å²) in [5.74, 6) is -0.0163. The highest BCUT2D eigenvalue weighted by Gasteiger charge is 2.21. The summed E-state index contributed by atoms with van der Waals surface area (Å²) in [5.41, 5.74) is 12.9. The number of pyridine rings is 1. The number of benzene rings is 2. The quantitative estimate of drug-likeness (QED) is 0.496. The molecule has 3 heterocycles. The second kappa shape index (κ2) is 12.6. The number of aromatic nitrogens is 1. The van der Waals surface area contributed by atoms with Crippen LogP contribution in [-0.2, 0) is 9.53 Å². The zero-order valence-corrected chi connectivity index (χ0v) is 24.1. The van der Waals surface area contributed by atoms with Gasteiger partial charge in [0.15, 0.2) is 11.3 Å². The molecule has 0 aliphatic carbocycles. The molecule has 1 amide bonds. The Kier molecular flexibility index (Phi) is 9.14. The lowest BCUT2D eigenvalue weighted by molar-refractivity contribution is -0.132. The van der Waals surface area contributed by atoms with Crippen molar-refractivity contribution in [1.29, 1.82) is 0 Å². The third-order valence-electron chi connectivity index (χ3n) is 7.18. The second-order valence-electron chi connectivity index (χ2n) is 10.4. The fraction of sp³-hybridized carbons (Fsp3) is 0.355. The third kappa shape index (κ3) is 6.44. The Morgan fingerprint density at radius 2 is 1.83 bits per heavy atom.